The molecule has 0 bridgehead atoms. The molecule has 0 aliphatic rings. The molecule has 0 aromatic carbocycles. The number of rotatable bonds is 2. The molecule has 0 fully saturated rings. The maximum atomic E-state index is 12.6. The number of hydrogen-bond donors (Lipinski definition) is 0. The minimum absolute atomic E-state index is 0.249. The fraction of sp³-hybridized carbons (Fsp3) is 0.167. The van der Waals surface area contributed by atoms with Crippen LogP contribution in [0.5, 0.6) is 0 Å². The van der Waals surface area contributed by atoms with E-state index in [1.54, 1.807) is 0 Å². The van der Waals surface area contributed by atoms with Gasteiger partial charge in [0.2, 0.25) is 6.08 Å². The Hall–Kier alpha value is -1.06. The lowest BCUT2D eigenvalue weighted by molar-refractivity contribution is 0.0102. The van der Waals surface area contributed by atoms with Crippen LogP contribution < -0.4 is 0 Å². The van der Waals surface area contributed by atoms with E-state index < -0.39 is 6.05 Å². The molecule has 0 radical (unpaired) electrons. The zero-order valence-corrected chi connectivity index (χ0v) is 6.07. The van der Waals surface area contributed by atoms with Crippen molar-refractivity contribution in [2.24, 2.45) is 4.99 Å². The van der Waals surface area contributed by atoms with Gasteiger partial charge >= 0.3 is 6.05 Å². The summed E-state index contributed by atoms with van der Waals surface area (Å²) in [7, 11) is 0. The Morgan fingerprint density at radius 2 is 2.36 bits per heavy atom. The molecule has 0 unspecified atom stereocenters. The van der Waals surface area contributed by atoms with Crippen LogP contribution in [0, 0.1) is 0 Å². The van der Waals surface area contributed by atoms with Crippen LogP contribution in [0.1, 0.15) is 4.88 Å². The molecule has 1 aromatic rings. The number of nitrogens with zero attached hydrogens (tertiary/aromatic N) is 1. The maximum absolute atomic E-state index is 12.6. The highest BCUT2D eigenvalue weighted by Crippen LogP contribution is 2.31. The summed E-state index contributed by atoms with van der Waals surface area (Å²) in [6.07, 6.45) is 0.828. The van der Waals surface area contributed by atoms with Gasteiger partial charge in [0.25, 0.3) is 0 Å². The third-order valence-electron chi connectivity index (χ3n) is 1.00. The lowest BCUT2D eigenvalue weighted by Gasteiger charge is -2.03. The van der Waals surface area contributed by atoms with Gasteiger partial charge in [0.05, 0.1) is 4.88 Å². The second-order valence-corrected chi connectivity index (χ2v) is 2.67. The second-order valence-electron chi connectivity index (χ2n) is 1.72. The fourth-order valence-corrected chi connectivity index (χ4v) is 1.21. The molecule has 5 heteroatoms. The van der Waals surface area contributed by atoms with E-state index in [1.807, 2.05) is 0 Å². The van der Waals surface area contributed by atoms with Crippen LogP contribution in [0.3, 0.4) is 0 Å². The van der Waals surface area contributed by atoms with Crippen molar-refractivity contribution in [2.75, 3.05) is 0 Å². The summed E-state index contributed by atoms with van der Waals surface area (Å²) in [5.74, 6) is 0. The molecule has 1 heterocycles. The first-order valence-electron chi connectivity index (χ1n) is 2.67. The van der Waals surface area contributed by atoms with Crippen molar-refractivity contribution in [2.45, 2.75) is 6.05 Å². The molecule has 0 aliphatic carbocycles. The number of thiophene rings is 1. The Kier molecular flexibility index (Phi) is 2.12. The molecule has 0 atom stereocenters. The molecule has 0 amide bonds. The summed E-state index contributed by atoms with van der Waals surface area (Å²) in [5, 5.41) is 1.49. The molecule has 0 saturated carbocycles. The van der Waals surface area contributed by atoms with Gasteiger partial charge in [-0.3, -0.25) is 0 Å². The van der Waals surface area contributed by atoms with E-state index in [4.69, 9.17) is 0 Å². The van der Waals surface area contributed by atoms with Crippen molar-refractivity contribution < 1.29 is 13.6 Å². The number of isocyanates is 1. The molecular weight excluding hydrogens is 172 g/mol. The van der Waals surface area contributed by atoms with Crippen molar-refractivity contribution in [1.29, 1.82) is 0 Å². The second kappa shape index (κ2) is 2.90. The van der Waals surface area contributed by atoms with Crippen LogP contribution >= 0.6 is 11.3 Å². The Morgan fingerprint density at radius 1 is 1.64 bits per heavy atom. The predicted molar refractivity (Wildman–Crippen MR) is 36.3 cm³/mol. The highest BCUT2D eigenvalue weighted by atomic mass is 32.1. The first kappa shape index (κ1) is 8.04. The monoisotopic (exact) mass is 175 g/mol. The van der Waals surface area contributed by atoms with Crippen molar-refractivity contribution in [1.82, 2.24) is 0 Å². The Labute approximate surface area is 65.2 Å². The zero-order valence-electron chi connectivity index (χ0n) is 5.25. The van der Waals surface area contributed by atoms with E-state index in [0.717, 1.165) is 17.4 Å². The van der Waals surface area contributed by atoms with Crippen LogP contribution in [0.4, 0.5) is 8.78 Å². The molecule has 2 nitrogen and oxygen atoms in total. The van der Waals surface area contributed by atoms with Gasteiger partial charge in [0.15, 0.2) is 0 Å². The number of carbonyl (C=O) groups excluding carboxylic acids is 1. The minimum atomic E-state index is -3.41. The van der Waals surface area contributed by atoms with Gasteiger partial charge in [-0.05, 0) is 11.4 Å². The van der Waals surface area contributed by atoms with Gasteiger partial charge in [0, 0.05) is 0 Å². The van der Waals surface area contributed by atoms with Crippen LogP contribution in [-0.4, -0.2) is 6.08 Å². The maximum Gasteiger partial charge on any atom is 0.388 e. The first-order valence-corrected chi connectivity index (χ1v) is 3.55. The number of halogens is 2. The summed E-state index contributed by atoms with van der Waals surface area (Å²) in [4.78, 5) is 11.7. The summed E-state index contributed by atoms with van der Waals surface area (Å²) >= 11 is 0.847. The third-order valence-corrected chi connectivity index (χ3v) is 1.93. The third kappa shape index (κ3) is 1.69. The average molecular weight is 175 g/mol. The standard InChI is InChI=1S/C6H3F2NOS/c7-6(8,9-4-10)5-2-1-3-11-5/h1-3H. The Morgan fingerprint density at radius 3 is 2.82 bits per heavy atom. The zero-order chi connectivity index (χ0) is 8.32. The van der Waals surface area contributed by atoms with Crippen LogP contribution in [0.25, 0.3) is 0 Å². The Bertz CT molecular complexity index is 277. The number of hydrogen-bond acceptors (Lipinski definition) is 3. The van der Waals surface area contributed by atoms with E-state index in [0.29, 0.717) is 0 Å². The van der Waals surface area contributed by atoms with Gasteiger partial charge in [0.1, 0.15) is 0 Å². The molecule has 0 N–H and O–H groups in total. The van der Waals surface area contributed by atoms with E-state index in [9.17, 15) is 13.6 Å². The lowest BCUT2D eigenvalue weighted by atomic mass is 10.4. The van der Waals surface area contributed by atoms with E-state index in [-0.39, 0.29) is 4.88 Å². The lowest BCUT2D eigenvalue weighted by Crippen LogP contribution is -2.06. The van der Waals surface area contributed by atoms with E-state index >= 15 is 0 Å². The quantitative estimate of drug-likeness (QED) is 0.384. The molecule has 0 saturated heterocycles. The molecule has 0 spiro atoms. The van der Waals surface area contributed by atoms with Gasteiger partial charge in [-0.25, -0.2) is 4.79 Å². The average Bonchev–Trinajstić information content (AvgIpc) is 2.37. The Balaban J connectivity index is 2.99. The van der Waals surface area contributed by atoms with Crippen molar-refractivity contribution in [3.63, 3.8) is 0 Å². The summed E-state index contributed by atoms with van der Waals surface area (Å²) in [6.45, 7) is 0. The fourth-order valence-electron chi connectivity index (χ4n) is 0.562. The topological polar surface area (TPSA) is 29.4 Å². The summed E-state index contributed by atoms with van der Waals surface area (Å²) in [5.41, 5.74) is 0. The van der Waals surface area contributed by atoms with Crippen LogP contribution in [0.2, 0.25) is 0 Å². The summed E-state index contributed by atoms with van der Waals surface area (Å²) < 4.78 is 25.1. The number of aliphatic imine (C=N–C) groups is 1. The molecule has 58 valence electrons. The van der Waals surface area contributed by atoms with Crippen LogP contribution in [0.15, 0.2) is 22.5 Å². The minimum Gasteiger partial charge on any atom is -0.211 e. The van der Waals surface area contributed by atoms with Crippen molar-refractivity contribution in [3.05, 3.63) is 22.4 Å². The van der Waals surface area contributed by atoms with Crippen molar-refractivity contribution >= 4 is 17.4 Å². The van der Waals surface area contributed by atoms with E-state index in [2.05, 4.69) is 4.99 Å². The smallest absolute Gasteiger partial charge is 0.211 e. The molecule has 1 aromatic heterocycles. The van der Waals surface area contributed by atoms with E-state index in [1.165, 1.54) is 17.5 Å². The van der Waals surface area contributed by atoms with Gasteiger partial charge in [-0.2, -0.15) is 8.78 Å². The first-order chi connectivity index (χ1) is 5.17. The van der Waals surface area contributed by atoms with Gasteiger partial charge in [-0.15, -0.1) is 16.3 Å². The van der Waals surface area contributed by atoms with Crippen LogP contribution in [-0.2, 0) is 10.8 Å². The normalized spacial score (nSPS) is 10.7. The highest BCUT2D eigenvalue weighted by Gasteiger charge is 2.31. The predicted octanol–water partition coefficient (Wildman–Crippen LogP) is 2.13. The van der Waals surface area contributed by atoms with Crippen molar-refractivity contribution in [3.8, 4) is 0 Å². The molecule has 0 aliphatic heterocycles. The number of alkyl halides is 2. The largest absolute Gasteiger partial charge is 0.388 e. The molecular formula is C6H3F2NOS. The highest BCUT2D eigenvalue weighted by molar-refractivity contribution is 7.10. The SMILES string of the molecule is O=C=NC(F)(F)c1cccs1. The molecule has 1 rings (SSSR count). The van der Waals surface area contributed by atoms with Gasteiger partial charge < -0.3 is 0 Å². The van der Waals surface area contributed by atoms with Gasteiger partial charge in [-0.1, -0.05) is 6.07 Å². The molecule has 11 heavy (non-hydrogen) atoms. The summed E-state index contributed by atoms with van der Waals surface area (Å²) in [6, 6.07) is -0.727.